The van der Waals surface area contributed by atoms with Crippen LogP contribution >= 0.6 is 0 Å². The number of hydrogen-bond acceptors (Lipinski definition) is 5. The third-order valence-corrected chi connectivity index (χ3v) is 4.13. The maximum absolute atomic E-state index is 13.0. The van der Waals surface area contributed by atoms with Crippen LogP contribution in [-0.4, -0.2) is 43.3 Å². The van der Waals surface area contributed by atoms with Crippen LogP contribution in [0.2, 0.25) is 0 Å². The number of rotatable bonds is 8. The number of halogens is 1. The van der Waals surface area contributed by atoms with Gasteiger partial charge in [0.1, 0.15) is 5.82 Å². The quantitative estimate of drug-likeness (QED) is 0.803. The van der Waals surface area contributed by atoms with E-state index in [1.54, 1.807) is 12.1 Å². The first-order valence-corrected chi connectivity index (χ1v) is 8.45. The third kappa shape index (κ3) is 4.36. The number of benzene rings is 1. The largest absolute Gasteiger partial charge is 0.387 e. The van der Waals surface area contributed by atoms with E-state index in [4.69, 9.17) is 0 Å². The molecule has 1 aliphatic rings. The first kappa shape index (κ1) is 17.0. The monoisotopic (exact) mass is 333 g/mol. The molecule has 1 aromatic heterocycles. The molecule has 1 saturated carbocycles. The molecule has 0 saturated heterocycles. The Bertz CT molecular complexity index is 653. The van der Waals surface area contributed by atoms with E-state index in [0.717, 1.165) is 25.2 Å². The lowest BCUT2D eigenvalue weighted by Gasteiger charge is -2.26. The second kappa shape index (κ2) is 7.36. The van der Waals surface area contributed by atoms with E-state index in [0.29, 0.717) is 30.6 Å². The Morgan fingerprint density at radius 2 is 1.96 bits per heavy atom. The van der Waals surface area contributed by atoms with Gasteiger partial charge in [0.25, 0.3) is 0 Å². The second-order valence-corrected chi connectivity index (χ2v) is 6.93. The van der Waals surface area contributed by atoms with E-state index in [-0.39, 0.29) is 5.82 Å². The lowest BCUT2D eigenvalue weighted by atomic mass is 10.1. The Balaban J connectivity index is 1.68. The van der Waals surface area contributed by atoms with E-state index in [2.05, 4.69) is 34.3 Å². The van der Waals surface area contributed by atoms with Gasteiger partial charge in [0.2, 0.25) is 0 Å². The predicted molar refractivity (Wildman–Crippen MR) is 87.6 cm³/mol. The third-order valence-electron chi connectivity index (χ3n) is 4.13. The van der Waals surface area contributed by atoms with Gasteiger partial charge in [-0.3, -0.25) is 4.90 Å². The SMILES string of the molecule is CC(C)CN(Cc1nnnn1C1CC1)CC(O)c1ccc(F)cc1. The molecular weight excluding hydrogens is 309 g/mol. The summed E-state index contributed by atoms with van der Waals surface area (Å²) in [4.78, 5) is 2.16. The zero-order chi connectivity index (χ0) is 17.1. The number of hydrogen-bond donors (Lipinski definition) is 1. The highest BCUT2D eigenvalue weighted by molar-refractivity contribution is 5.18. The molecule has 2 aromatic rings. The van der Waals surface area contributed by atoms with Crippen LogP contribution in [0.15, 0.2) is 24.3 Å². The molecule has 130 valence electrons. The first-order valence-electron chi connectivity index (χ1n) is 8.45. The van der Waals surface area contributed by atoms with Crippen LogP contribution in [0.3, 0.4) is 0 Å². The molecule has 1 N–H and O–H groups in total. The van der Waals surface area contributed by atoms with Crippen molar-refractivity contribution in [1.82, 2.24) is 25.1 Å². The Hall–Kier alpha value is -1.86. The van der Waals surface area contributed by atoms with Crippen molar-refractivity contribution in [3.63, 3.8) is 0 Å². The molecule has 3 rings (SSSR count). The van der Waals surface area contributed by atoms with E-state index < -0.39 is 6.10 Å². The van der Waals surface area contributed by atoms with Crippen molar-refractivity contribution in [1.29, 1.82) is 0 Å². The van der Waals surface area contributed by atoms with Gasteiger partial charge in [0.15, 0.2) is 5.82 Å². The lowest BCUT2D eigenvalue weighted by Crippen LogP contribution is -2.32. The van der Waals surface area contributed by atoms with Crippen LogP contribution in [0.5, 0.6) is 0 Å². The van der Waals surface area contributed by atoms with Crippen molar-refractivity contribution in [3.05, 3.63) is 41.5 Å². The molecule has 0 spiro atoms. The molecule has 0 radical (unpaired) electrons. The van der Waals surface area contributed by atoms with Gasteiger partial charge in [-0.2, -0.15) is 0 Å². The van der Waals surface area contributed by atoms with Gasteiger partial charge in [-0.1, -0.05) is 26.0 Å². The Morgan fingerprint density at radius 1 is 1.25 bits per heavy atom. The van der Waals surface area contributed by atoms with Crippen molar-refractivity contribution >= 4 is 0 Å². The maximum atomic E-state index is 13.0. The van der Waals surface area contributed by atoms with Crippen molar-refractivity contribution in [3.8, 4) is 0 Å². The van der Waals surface area contributed by atoms with Crippen LogP contribution in [0.1, 0.15) is 50.2 Å². The summed E-state index contributed by atoms with van der Waals surface area (Å²) in [5.74, 6) is 0.994. The van der Waals surface area contributed by atoms with E-state index >= 15 is 0 Å². The summed E-state index contributed by atoms with van der Waals surface area (Å²) in [6, 6.07) is 6.43. The van der Waals surface area contributed by atoms with E-state index in [9.17, 15) is 9.50 Å². The summed E-state index contributed by atoms with van der Waals surface area (Å²) in [6.07, 6.45) is 1.58. The fourth-order valence-electron chi connectivity index (χ4n) is 2.87. The van der Waals surface area contributed by atoms with Gasteiger partial charge in [0.05, 0.1) is 18.7 Å². The topological polar surface area (TPSA) is 67.1 Å². The van der Waals surface area contributed by atoms with Crippen molar-refractivity contribution < 1.29 is 9.50 Å². The highest BCUT2D eigenvalue weighted by Gasteiger charge is 2.28. The molecule has 1 heterocycles. The highest BCUT2D eigenvalue weighted by Crippen LogP contribution is 2.34. The van der Waals surface area contributed by atoms with Crippen molar-refractivity contribution in [2.45, 2.75) is 45.4 Å². The summed E-state index contributed by atoms with van der Waals surface area (Å²) in [5, 5.41) is 22.5. The molecule has 6 nitrogen and oxygen atoms in total. The summed E-state index contributed by atoms with van der Waals surface area (Å²) in [7, 11) is 0. The van der Waals surface area contributed by atoms with Gasteiger partial charge < -0.3 is 5.11 Å². The van der Waals surface area contributed by atoms with Crippen LogP contribution < -0.4 is 0 Å². The van der Waals surface area contributed by atoms with Gasteiger partial charge in [-0.05, 0) is 46.9 Å². The zero-order valence-electron chi connectivity index (χ0n) is 14.1. The molecular formula is C17H24FN5O. The molecule has 0 amide bonds. The summed E-state index contributed by atoms with van der Waals surface area (Å²) >= 11 is 0. The van der Waals surface area contributed by atoms with Crippen LogP contribution in [-0.2, 0) is 6.54 Å². The Morgan fingerprint density at radius 3 is 2.58 bits per heavy atom. The maximum Gasteiger partial charge on any atom is 0.165 e. The molecule has 24 heavy (non-hydrogen) atoms. The molecule has 0 aliphatic heterocycles. The van der Waals surface area contributed by atoms with Crippen molar-refractivity contribution in [2.24, 2.45) is 5.92 Å². The molecule has 1 aromatic carbocycles. The van der Waals surface area contributed by atoms with Gasteiger partial charge in [-0.15, -0.1) is 5.10 Å². The lowest BCUT2D eigenvalue weighted by molar-refractivity contribution is 0.0991. The fraction of sp³-hybridized carbons (Fsp3) is 0.588. The minimum Gasteiger partial charge on any atom is -0.387 e. The molecule has 1 fully saturated rings. The van der Waals surface area contributed by atoms with E-state index in [1.807, 2.05) is 4.68 Å². The van der Waals surface area contributed by atoms with Gasteiger partial charge >= 0.3 is 0 Å². The summed E-state index contributed by atoms with van der Waals surface area (Å²) in [5.41, 5.74) is 0.715. The van der Waals surface area contributed by atoms with Crippen LogP contribution in [0.25, 0.3) is 0 Å². The normalized spacial score (nSPS) is 16.1. The van der Waals surface area contributed by atoms with Gasteiger partial charge in [-0.25, -0.2) is 9.07 Å². The summed E-state index contributed by atoms with van der Waals surface area (Å²) in [6.45, 7) is 6.17. The smallest absolute Gasteiger partial charge is 0.165 e. The molecule has 1 aliphatic carbocycles. The Labute approximate surface area is 141 Å². The fourth-order valence-corrected chi connectivity index (χ4v) is 2.87. The zero-order valence-corrected chi connectivity index (χ0v) is 14.1. The number of nitrogens with zero attached hydrogens (tertiary/aromatic N) is 5. The second-order valence-electron chi connectivity index (χ2n) is 6.93. The minimum absolute atomic E-state index is 0.298. The standard InChI is InChI=1S/C17H24FN5O/c1-12(2)9-22(10-16(24)13-3-5-14(18)6-4-13)11-17-19-20-21-23(17)15-7-8-15/h3-6,12,15-16,24H,7-11H2,1-2H3. The number of aliphatic hydroxyl groups is 1. The number of tetrazole rings is 1. The van der Waals surface area contributed by atoms with Crippen molar-refractivity contribution in [2.75, 3.05) is 13.1 Å². The number of aromatic nitrogens is 4. The predicted octanol–water partition coefficient (Wildman–Crippen LogP) is 2.34. The van der Waals surface area contributed by atoms with Gasteiger partial charge in [0, 0.05) is 13.1 Å². The molecule has 1 unspecified atom stereocenters. The van der Waals surface area contributed by atoms with Crippen LogP contribution in [0, 0.1) is 11.7 Å². The molecule has 0 bridgehead atoms. The van der Waals surface area contributed by atoms with E-state index in [1.165, 1.54) is 12.1 Å². The average Bonchev–Trinajstić information content (AvgIpc) is 3.27. The molecule has 7 heteroatoms. The summed E-state index contributed by atoms with van der Waals surface area (Å²) < 4.78 is 14.9. The first-order chi connectivity index (χ1) is 11.5. The minimum atomic E-state index is -0.672. The van der Waals surface area contributed by atoms with Crippen LogP contribution in [0.4, 0.5) is 4.39 Å². The Kier molecular flexibility index (Phi) is 5.20. The highest BCUT2D eigenvalue weighted by atomic mass is 19.1. The average molecular weight is 333 g/mol. The number of aliphatic hydroxyl groups excluding tert-OH is 1. The molecule has 1 atom stereocenters.